The van der Waals surface area contributed by atoms with Gasteiger partial charge in [-0.25, -0.2) is 13.9 Å². The van der Waals surface area contributed by atoms with Crippen molar-refractivity contribution in [2.24, 2.45) is 7.05 Å². The van der Waals surface area contributed by atoms with Crippen LogP contribution in [0, 0.1) is 0 Å². The number of rotatable bonds is 5. The zero-order chi connectivity index (χ0) is 19.0. The summed E-state index contributed by atoms with van der Waals surface area (Å²) in [4.78, 5) is 30.4. The molecule has 0 spiro atoms. The molecule has 1 atom stereocenters. The van der Waals surface area contributed by atoms with Crippen molar-refractivity contribution in [3.63, 3.8) is 0 Å². The van der Waals surface area contributed by atoms with Crippen LogP contribution in [0.2, 0.25) is 0 Å². The lowest BCUT2D eigenvalue weighted by Gasteiger charge is -2.34. The normalized spacial score (nSPS) is 15.4. The Kier molecular flexibility index (Phi) is 4.97. The van der Waals surface area contributed by atoms with Gasteiger partial charge in [0.15, 0.2) is 16.5 Å². The van der Waals surface area contributed by atoms with Gasteiger partial charge in [-0.3, -0.25) is 9.59 Å². The smallest absolute Gasteiger partial charge is 0.274 e. The average Bonchev–Trinajstić information content (AvgIpc) is 3.02. The van der Waals surface area contributed by atoms with Gasteiger partial charge in [-0.2, -0.15) is 0 Å². The maximum atomic E-state index is 12.7. The van der Waals surface area contributed by atoms with Crippen molar-refractivity contribution in [1.82, 2.24) is 23.7 Å². The van der Waals surface area contributed by atoms with Crippen molar-refractivity contribution >= 4 is 16.9 Å². The number of hydrogen-bond donors (Lipinski definition) is 2. The van der Waals surface area contributed by atoms with Crippen LogP contribution in [0.15, 0.2) is 28.4 Å². The third-order valence-corrected chi connectivity index (χ3v) is 5.28. The molecule has 0 aromatic carbocycles. The van der Waals surface area contributed by atoms with Crippen LogP contribution in [0.25, 0.3) is 0 Å². The van der Waals surface area contributed by atoms with Gasteiger partial charge in [0.1, 0.15) is 11.0 Å². The van der Waals surface area contributed by atoms with Gasteiger partial charge < -0.3 is 19.1 Å². The van der Waals surface area contributed by atoms with Gasteiger partial charge >= 0.3 is 0 Å². The molecule has 26 heavy (non-hydrogen) atoms. The Bertz CT molecular complexity index is 933. The Morgan fingerprint density at radius 1 is 1.35 bits per heavy atom. The zero-order valence-electron chi connectivity index (χ0n) is 14.8. The molecule has 0 aliphatic carbocycles. The molecule has 2 aromatic heterocycles. The van der Waals surface area contributed by atoms with Crippen LogP contribution in [0.1, 0.15) is 30.0 Å². The van der Waals surface area contributed by atoms with Crippen LogP contribution in [-0.2, 0) is 31.1 Å². The molecule has 0 fully saturated rings. The van der Waals surface area contributed by atoms with E-state index in [2.05, 4.69) is 9.71 Å². The van der Waals surface area contributed by atoms with Crippen LogP contribution >= 0.6 is 0 Å². The molecule has 1 amide bonds. The van der Waals surface area contributed by atoms with E-state index in [-0.39, 0.29) is 24.2 Å². The highest BCUT2D eigenvalue weighted by atomic mass is 32.2. The molecule has 0 saturated heterocycles. The first-order valence-electron chi connectivity index (χ1n) is 8.19. The van der Waals surface area contributed by atoms with Crippen molar-refractivity contribution in [3.8, 4) is 5.75 Å². The highest BCUT2D eigenvalue weighted by Gasteiger charge is 2.31. The Morgan fingerprint density at radius 2 is 2.08 bits per heavy atom. The Morgan fingerprint density at radius 3 is 2.69 bits per heavy atom. The number of carbonyl (C=O) groups is 1. The second-order valence-electron chi connectivity index (χ2n) is 6.41. The molecule has 3 rings (SSSR count). The van der Waals surface area contributed by atoms with Crippen LogP contribution in [0.3, 0.4) is 0 Å². The summed E-state index contributed by atoms with van der Waals surface area (Å²) in [6.07, 6.45) is 3.17. The maximum Gasteiger partial charge on any atom is 0.274 e. The molecule has 2 aromatic rings. The highest BCUT2D eigenvalue weighted by Crippen LogP contribution is 2.22. The third kappa shape index (κ3) is 3.29. The van der Waals surface area contributed by atoms with E-state index in [1.807, 2.05) is 13.8 Å². The summed E-state index contributed by atoms with van der Waals surface area (Å²) in [6, 6.07) is 1.23. The fourth-order valence-corrected chi connectivity index (χ4v) is 3.77. The molecule has 0 bridgehead atoms. The summed E-state index contributed by atoms with van der Waals surface area (Å²) in [5, 5.41) is 10.5. The van der Waals surface area contributed by atoms with Crippen LogP contribution in [0.4, 0.5) is 0 Å². The number of nitrogens with zero attached hydrogens (tertiary/aromatic N) is 4. The minimum Gasteiger partial charge on any atom is -0.503 e. The van der Waals surface area contributed by atoms with E-state index in [1.165, 1.54) is 6.07 Å². The standard InChI is InChI=1S/C16H21N5O4S/c1-10(2)20-4-5-21-11(6-12(22)15(23)14(21)16(20)24)7-18-26(25)13-8-19(3)9-17-13/h6,8-10,18,23H,4-5,7H2,1-3H3. The highest BCUT2D eigenvalue weighted by molar-refractivity contribution is 7.82. The van der Waals surface area contributed by atoms with E-state index >= 15 is 0 Å². The van der Waals surface area contributed by atoms with Gasteiger partial charge in [-0.1, -0.05) is 0 Å². The molecule has 0 radical (unpaired) electrons. The number of pyridine rings is 1. The minimum absolute atomic E-state index is 0.0159. The van der Waals surface area contributed by atoms with Gasteiger partial charge in [0.25, 0.3) is 5.91 Å². The predicted molar refractivity (Wildman–Crippen MR) is 95.0 cm³/mol. The lowest BCUT2D eigenvalue weighted by Crippen LogP contribution is -2.46. The zero-order valence-corrected chi connectivity index (χ0v) is 15.6. The number of amides is 1. The van der Waals surface area contributed by atoms with Gasteiger partial charge in [0.05, 0.1) is 6.33 Å². The lowest BCUT2D eigenvalue weighted by atomic mass is 10.1. The number of carbonyl (C=O) groups excluding carboxylic acids is 1. The van der Waals surface area contributed by atoms with E-state index in [9.17, 15) is 18.9 Å². The van der Waals surface area contributed by atoms with Crippen molar-refractivity contribution < 1.29 is 14.1 Å². The maximum absolute atomic E-state index is 12.7. The quantitative estimate of drug-likeness (QED) is 0.758. The van der Waals surface area contributed by atoms with Crippen molar-refractivity contribution in [1.29, 1.82) is 0 Å². The van der Waals surface area contributed by atoms with Gasteiger partial charge in [0.2, 0.25) is 5.43 Å². The van der Waals surface area contributed by atoms with Crippen molar-refractivity contribution in [2.45, 2.75) is 38.0 Å². The summed E-state index contributed by atoms with van der Waals surface area (Å²) in [5.41, 5.74) is -0.155. The van der Waals surface area contributed by atoms with Crippen molar-refractivity contribution in [2.75, 3.05) is 6.54 Å². The number of nitrogens with one attached hydrogen (secondary N) is 1. The second-order valence-corrected chi connectivity index (χ2v) is 7.65. The van der Waals surface area contributed by atoms with E-state index in [0.717, 1.165) is 0 Å². The van der Waals surface area contributed by atoms with E-state index in [4.69, 9.17) is 0 Å². The van der Waals surface area contributed by atoms with Gasteiger partial charge in [0, 0.05) is 50.7 Å². The molecule has 1 aliphatic heterocycles. The van der Waals surface area contributed by atoms with Crippen LogP contribution in [0.5, 0.6) is 5.75 Å². The van der Waals surface area contributed by atoms with Crippen molar-refractivity contribution in [3.05, 3.63) is 40.2 Å². The fraction of sp³-hybridized carbons (Fsp3) is 0.438. The molecule has 1 unspecified atom stereocenters. The number of imidazole rings is 1. The lowest BCUT2D eigenvalue weighted by molar-refractivity contribution is 0.0639. The van der Waals surface area contributed by atoms with Gasteiger partial charge in [-0.15, -0.1) is 0 Å². The topological polar surface area (TPSA) is 109 Å². The monoisotopic (exact) mass is 379 g/mol. The molecule has 0 saturated carbocycles. The molecular formula is C16H21N5O4S. The molecule has 2 N–H and O–H groups in total. The Balaban J connectivity index is 1.90. The fourth-order valence-electron chi connectivity index (χ4n) is 2.94. The molecular weight excluding hydrogens is 358 g/mol. The number of aromatic hydroxyl groups is 1. The first-order chi connectivity index (χ1) is 12.3. The molecule has 9 nitrogen and oxygen atoms in total. The molecule has 3 heterocycles. The summed E-state index contributed by atoms with van der Waals surface area (Å²) in [7, 11) is 0.219. The summed E-state index contributed by atoms with van der Waals surface area (Å²) >= 11 is 0. The number of aryl methyl sites for hydroxylation is 1. The summed E-state index contributed by atoms with van der Waals surface area (Å²) in [5.74, 6) is -0.927. The molecule has 10 heteroatoms. The Hall–Kier alpha value is -2.46. The second kappa shape index (κ2) is 7.04. The number of fused-ring (bicyclic) bond motifs is 1. The van der Waals surface area contributed by atoms with Crippen LogP contribution < -0.4 is 10.2 Å². The average molecular weight is 379 g/mol. The summed E-state index contributed by atoms with van der Waals surface area (Å²) < 4.78 is 18.4. The summed E-state index contributed by atoms with van der Waals surface area (Å²) in [6.45, 7) is 4.78. The minimum atomic E-state index is -1.55. The Labute approximate surface area is 152 Å². The number of aromatic nitrogens is 3. The number of hydrogen-bond acceptors (Lipinski definition) is 5. The van der Waals surface area contributed by atoms with E-state index < -0.39 is 22.2 Å². The van der Waals surface area contributed by atoms with E-state index in [1.54, 1.807) is 33.6 Å². The molecule has 1 aliphatic rings. The largest absolute Gasteiger partial charge is 0.503 e. The van der Waals surface area contributed by atoms with E-state index in [0.29, 0.717) is 23.8 Å². The van der Waals surface area contributed by atoms with Crippen LogP contribution in [-0.4, -0.2) is 46.8 Å². The first kappa shape index (κ1) is 18.3. The van der Waals surface area contributed by atoms with Gasteiger partial charge in [-0.05, 0) is 13.8 Å². The first-order valence-corrected chi connectivity index (χ1v) is 9.34. The third-order valence-electron chi connectivity index (χ3n) is 4.28. The SMILES string of the molecule is CC(C)N1CCn2c(CNS(=O)c3cn(C)cn3)cc(=O)c(O)c2C1=O. The molecule has 140 valence electrons. The predicted octanol–water partition coefficient (Wildman–Crippen LogP) is -0.0360.